The highest BCUT2D eigenvalue weighted by atomic mass is 19.1. The van der Waals surface area contributed by atoms with Gasteiger partial charge in [0.2, 0.25) is 17.7 Å². The number of hydrogen-bond donors (Lipinski definition) is 3. The van der Waals surface area contributed by atoms with Crippen LogP contribution in [-0.4, -0.2) is 45.4 Å². The zero-order valence-corrected chi connectivity index (χ0v) is 17.9. The van der Waals surface area contributed by atoms with Crippen LogP contribution in [0.4, 0.5) is 10.2 Å². The number of unbranched alkanes of at least 4 members (excludes halogenated alkanes) is 1. The van der Waals surface area contributed by atoms with Gasteiger partial charge in [-0.3, -0.25) is 19.6 Å². The predicted octanol–water partition coefficient (Wildman–Crippen LogP) is 3.02. The zero-order chi connectivity index (χ0) is 22.4. The van der Waals surface area contributed by atoms with Crippen molar-refractivity contribution < 1.29 is 24.0 Å². The monoisotopic (exact) mass is 434 g/mol. The number of likely N-dealkylation sites (tertiary alicyclic amines) is 1. The SMILES string of the molecule is CCCC[C@H](CC(=O)NO)C(=O)N1CC2(CCCC2)C[C@H]1C(=O)Nc1ccc(F)cn1. The van der Waals surface area contributed by atoms with Gasteiger partial charge in [0, 0.05) is 18.9 Å². The van der Waals surface area contributed by atoms with Gasteiger partial charge in [0.1, 0.15) is 17.7 Å². The van der Waals surface area contributed by atoms with E-state index in [0.29, 0.717) is 19.4 Å². The molecule has 1 spiro atoms. The Morgan fingerprint density at radius 1 is 1.32 bits per heavy atom. The molecule has 0 radical (unpaired) electrons. The molecule has 2 aliphatic rings. The molecule has 1 aliphatic carbocycles. The lowest BCUT2D eigenvalue weighted by molar-refractivity contribution is -0.143. The zero-order valence-electron chi connectivity index (χ0n) is 17.9. The van der Waals surface area contributed by atoms with E-state index in [9.17, 15) is 18.8 Å². The molecule has 1 saturated carbocycles. The lowest BCUT2D eigenvalue weighted by Crippen LogP contribution is -2.46. The molecule has 8 nitrogen and oxygen atoms in total. The van der Waals surface area contributed by atoms with E-state index in [4.69, 9.17) is 5.21 Å². The van der Waals surface area contributed by atoms with Crippen LogP contribution in [0.25, 0.3) is 0 Å². The van der Waals surface area contributed by atoms with Crippen LogP contribution in [0, 0.1) is 17.2 Å². The summed E-state index contributed by atoms with van der Waals surface area (Å²) in [6.45, 7) is 2.49. The third-order valence-electron chi connectivity index (χ3n) is 6.55. The fourth-order valence-electron chi connectivity index (χ4n) is 4.94. The first kappa shape index (κ1) is 23.1. The summed E-state index contributed by atoms with van der Waals surface area (Å²) in [6.07, 6.45) is 7.70. The van der Waals surface area contributed by atoms with Gasteiger partial charge in [-0.2, -0.15) is 0 Å². The first-order chi connectivity index (χ1) is 14.9. The number of nitrogens with one attached hydrogen (secondary N) is 2. The molecule has 0 aromatic carbocycles. The van der Waals surface area contributed by atoms with E-state index < -0.39 is 23.7 Å². The average molecular weight is 435 g/mol. The van der Waals surface area contributed by atoms with Gasteiger partial charge in [0.25, 0.3) is 0 Å². The predicted molar refractivity (Wildman–Crippen MR) is 111 cm³/mol. The summed E-state index contributed by atoms with van der Waals surface area (Å²) in [6, 6.07) is 1.93. The van der Waals surface area contributed by atoms with Crippen molar-refractivity contribution in [3.05, 3.63) is 24.1 Å². The number of hydroxylamine groups is 1. The third kappa shape index (κ3) is 5.58. The highest BCUT2D eigenvalue weighted by molar-refractivity contribution is 5.97. The molecular formula is C22H31FN4O4. The van der Waals surface area contributed by atoms with Gasteiger partial charge in [0.05, 0.1) is 6.20 Å². The standard InChI is InChI=1S/C22H31FN4O4/c1-2-3-6-15(11-19(28)26-31)21(30)27-14-22(9-4-5-10-22)12-17(27)20(29)25-18-8-7-16(23)13-24-18/h7-8,13,15,17,31H,2-6,9-12,14H2,1H3,(H,26,28)(H,24,25,29)/t15-,17+/m1/s1. The Labute approximate surface area is 181 Å². The van der Waals surface area contributed by atoms with Crippen molar-refractivity contribution in [3.63, 3.8) is 0 Å². The van der Waals surface area contributed by atoms with Crippen molar-refractivity contribution in [1.82, 2.24) is 15.4 Å². The van der Waals surface area contributed by atoms with E-state index in [2.05, 4.69) is 10.3 Å². The number of carbonyl (C=O) groups is 3. The van der Waals surface area contributed by atoms with Crippen LogP contribution in [0.3, 0.4) is 0 Å². The Hall–Kier alpha value is -2.55. The van der Waals surface area contributed by atoms with Gasteiger partial charge >= 0.3 is 0 Å². The van der Waals surface area contributed by atoms with Crippen LogP contribution in [0.1, 0.15) is 64.7 Å². The van der Waals surface area contributed by atoms with E-state index >= 15 is 0 Å². The van der Waals surface area contributed by atoms with Crippen molar-refractivity contribution in [1.29, 1.82) is 0 Å². The van der Waals surface area contributed by atoms with Gasteiger partial charge in [0.15, 0.2) is 0 Å². The van der Waals surface area contributed by atoms with Crippen LogP contribution in [-0.2, 0) is 14.4 Å². The number of aromatic nitrogens is 1. The molecule has 170 valence electrons. The van der Waals surface area contributed by atoms with Crippen LogP contribution in [0.5, 0.6) is 0 Å². The second kappa shape index (κ2) is 10.2. The summed E-state index contributed by atoms with van der Waals surface area (Å²) >= 11 is 0. The molecule has 2 atom stereocenters. The molecule has 3 N–H and O–H groups in total. The molecule has 0 bridgehead atoms. The van der Waals surface area contributed by atoms with Gasteiger partial charge in [-0.15, -0.1) is 0 Å². The number of anilines is 1. The van der Waals surface area contributed by atoms with Gasteiger partial charge < -0.3 is 10.2 Å². The Balaban J connectivity index is 1.80. The minimum atomic E-state index is -0.668. The quantitative estimate of drug-likeness (QED) is 0.430. The molecule has 0 unspecified atom stereocenters. The lowest BCUT2D eigenvalue weighted by Gasteiger charge is -2.28. The fraction of sp³-hybridized carbons (Fsp3) is 0.636. The molecular weight excluding hydrogens is 403 g/mol. The summed E-state index contributed by atoms with van der Waals surface area (Å²) in [5.74, 6) is -2.05. The summed E-state index contributed by atoms with van der Waals surface area (Å²) in [5.41, 5.74) is 1.53. The molecule has 2 fully saturated rings. The molecule has 1 aromatic heterocycles. The van der Waals surface area contributed by atoms with Gasteiger partial charge in [-0.1, -0.05) is 32.6 Å². The Kier molecular flexibility index (Phi) is 7.59. The van der Waals surface area contributed by atoms with E-state index in [1.54, 1.807) is 10.4 Å². The molecule has 1 saturated heterocycles. The molecule has 31 heavy (non-hydrogen) atoms. The largest absolute Gasteiger partial charge is 0.330 e. The number of pyridine rings is 1. The van der Waals surface area contributed by atoms with Crippen molar-refractivity contribution in [3.8, 4) is 0 Å². The normalized spacial score (nSPS) is 20.6. The fourth-order valence-corrected chi connectivity index (χ4v) is 4.94. The number of carbonyl (C=O) groups excluding carboxylic acids is 3. The minimum absolute atomic E-state index is 0.0809. The van der Waals surface area contributed by atoms with Gasteiger partial charge in [-0.05, 0) is 43.2 Å². The molecule has 3 rings (SSSR count). The first-order valence-electron chi connectivity index (χ1n) is 11.0. The maximum atomic E-state index is 13.5. The van der Waals surface area contributed by atoms with E-state index in [1.807, 2.05) is 6.92 Å². The lowest BCUT2D eigenvalue weighted by atomic mass is 9.84. The molecule has 1 aromatic rings. The highest BCUT2D eigenvalue weighted by Crippen LogP contribution is 2.48. The maximum absolute atomic E-state index is 13.5. The Morgan fingerprint density at radius 3 is 2.68 bits per heavy atom. The molecule has 3 amide bonds. The molecule has 1 aliphatic heterocycles. The Morgan fingerprint density at radius 2 is 2.06 bits per heavy atom. The van der Waals surface area contributed by atoms with Crippen LogP contribution in [0.2, 0.25) is 0 Å². The highest BCUT2D eigenvalue weighted by Gasteiger charge is 2.50. The van der Waals surface area contributed by atoms with Crippen LogP contribution in [0.15, 0.2) is 18.3 Å². The molecule has 9 heteroatoms. The first-order valence-corrected chi connectivity index (χ1v) is 11.0. The number of nitrogens with zero attached hydrogens (tertiary/aromatic N) is 2. The maximum Gasteiger partial charge on any atom is 0.248 e. The smallest absolute Gasteiger partial charge is 0.248 e. The molecule has 2 heterocycles. The van der Waals surface area contributed by atoms with E-state index in [1.165, 1.54) is 12.1 Å². The topological polar surface area (TPSA) is 112 Å². The van der Waals surface area contributed by atoms with Crippen molar-refractivity contribution in [2.45, 2.75) is 70.8 Å². The van der Waals surface area contributed by atoms with Crippen LogP contribution >= 0.6 is 0 Å². The summed E-state index contributed by atoms with van der Waals surface area (Å²) in [7, 11) is 0. The number of halogens is 1. The Bertz CT molecular complexity index is 795. The third-order valence-corrected chi connectivity index (χ3v) is 6.55. The summed E-state index contributed by atoms with van der Waals surface area (Å²) in [5, 5.41) is 11.6. The number of rotatable bonds is 8. The van der Waals surface area contributed by atoms with Crippen molar-refractivity contribution in [2.24, 2.45) is 11.3 Å². The number of amides is 3. The van der Waals surface area contributed by atoms with E-state index in [-0.39, 0.29) is 29.5 Å². The second-order valence-corrected chi connectivity index (χ2v) is 8.82. The summed E-state index contributed by atoms with van der Waals surface area (Å²) in [4.78, 5) is 43.9. The van der Waals surface area contributed by atoms with E-state index in [0.717, 1.165) is 44.7 Å². The summed E-state index contributed by atoms with van der Waals surface area (Å²) < 4.78 is 13.1. The average Bonchev–Trinajstić information content (AvgIpc) is 3.39. The van der Waals surface area contributed by atoms with Crippen molar-refractivity contribution >= 4 is 23.5 Å². The van der Waals surface area contributed by atoms with Gasteiger partial charge in [-0.25, -0.2) is 14.9 Å². The van der Waals surface area contributed by atoms with Crippen molar-refractivity contribution in [2.75, 3.05) is 11.9 Å². The number of hydrogen-bond acceptors (Lipinski definition) is 5. The minimum Gasteiger partial charge on any atom is -0.330 e. The van der Waals surface area contributed by atoms with Crippen LogP contribution < -0.4 is 10.8 Å². The second-order valence-electron chi connectivity index (χ2n) is 8.82.